The molecule has 2 rings (SSSR count). The Labute approximate surface area is 138 Å². The van der Waals surface area contributed by atoms with E-state index in [1.807, 2.05) is 60.7 Å². The van der Waals surface area contributed by atoms with Crippen LogP contribution in [-0.2, 0) is 0 Å². The van der Waals surface area contributed by atoms with Crippen molar-refractivity contribution in [2.45, 2.75) is 0 Å². The number of nitrogens with one attached hydrogen (secondary N) is 1. The van der Waals surface area contributed by atoms with Gasteiger partial charge in [0.2, 0.25) is 0 Å². The average Bonchev–Trinajstić information content (AvgIpc) is 2.42. The lowest BCUT2D eigenvalue weighted by Crippen LogP contribution is -1.88. The van der Waals surface area contributed by atoms with E-state index in [-0.39, 0.29) is 12.4 Å². The minimum atomic E-state index is 0. The van der Waals surface area contributed by atoms with Gasteiger partial charge in [-0.05, 0) is 51.8 Å². The predicted molar refractivity (Wildman–Crippen MR) is 94.2 cm³/mol. The largest absolute Gasteiger partial charge is 0.278 e. The number of hydrogen-bond donors (Lipinski definition) is 1. The monoisotopic (exact) mass is 370 g/mol. The van der Waals surface area contributed by atoms with Crippen molar-refractivity contribution in [2.24, 2.45) is 5.10 Å². The molecule has 0 bridgehead atoms. The molecule has 2 aromatic rings. The van der Waals surface area contributed by atoms with Crippen molar-refractivity contribution < 1.29 is 0 Å². The van der Waals surface area contributed by atoms with Gasteiger partial charge < -0.3 is 0 Å². The Hall–Kier alpha value is -1.29. The van der Waals surface area contributed by atoms with Crippen LogP contribution in [0.4, 0.5) is 5.69 Å². The van der Waals surface area contributed by atoms with Crippen molar-refractivity contribution in [2.75, 3.05) is 5.43 Å². The van der Waals surface area contributed by atoms with Gasteiger partial charge in [0, 0.05) is 9.51 Å². The minimum Gasteiger partial charge on any atom is -0.278 e. The first-order valence-electron chi connectivity index (χ1n) is 5.71. The Bertz CT molecular complexity index is 581. The van der Waals surface area contributed by atoms with Gasteiger partial charge in [0.05, 0.1) is 11.9 Å². The summed E-state index contributed by atoms with van der Waals surface area (Å²) in [5.41, 5.74) is 4.94. The molecule has 104 valence electrons. The number of nitrogens with zero attached hydrogens (tertiary/aromatic N) is 1. The van der Waals surface area contributed by atoms with Gasteiger partial charge in [0.25, 0.3) is 0 Å². The zero-order valence-corrected chi connectivity index (χ0v) is 13.6. The molecule has 1 N–H and O–H groups in total. The van der Waals surface area contributed by atoms with Gasteiger partial charge in [-0.25, -0.2) is 0 Å². The summed E-state index contributed by atoms with van der Waals surface area (Å²) >= 11 is 9.25. The first kappa shape index (κ1) is 16.8. The molecule has 0 aliphatic rings. The van der Waals surface area contributed by atoms with Crippen molar-refractivity contribution in [1.82, 2.24) is 0 Å². The van der Waals surface area contributed by atoms with E-state index >= 15 is 0 Å². The van der Waals surface area contributed by atoms with Crippen LogP contribution in [0.1, 0.15) is 5.56 Å². The third-order valence-electron chi connectivity index (χ3n) is 2.33. The first-order chi connectivity index (χ1) is 9.24. The second-order valence-electron chi connectivity index (χ2n) is 3.82. The van der Waals surface area contributed by atoms with Crippen LogP contribution in [0, 0.1) is 0 Å². The van der Waals surface area contributed by atoms with E-state index in [2.05, 4.69) is 26.5 Å². The number of hydrogen-bond acceptors (Lipinski definition) is 2. The molecule has 2 aromatic carbocycles. The average molecular weight is 372 g/mol. The van der Waals surface area contributed by atoms with Crippen LogP contribution < -0.4 is 5.43 Å². The van der Waals surface area contributed by atoms with Crippen LogP contribution in [-0.4, -0.2) is 6.21 Å². The van der Waals surface area contributed by atoms with Crippen molar-refractivity contribution in [3.05, 3.63) is 69.7 Å². The molecule has 0 heterocycles. The molecule has 0 atom stereocenters. The fourth-order valence-electron chi connectivity index (χ4n) is 1.44. The van der Waals surface area contributed by atoms with E-state index in [4.69, 9.17) is 11.6 Å². The summed E-state index contributed by atoms with van der Waals surface area (Å²) in [5.74, 6) is 0. The zero-order chi connectivity index (χ0) is 13.5. The number of anilines is 1. The molecular weight excluding hydrogens is 359 g/mol. The fourth-order valence-corrected chi connectivity index (χ4v) is 1.93. The van der Waals surface area contributed by atoms with E-state index in [0.717, 1.165) is 15.7 Å². The normalized spacial score (nSPS) is 11.2. The highest BCUT2D eigenvalue weighted by molar-refractivity contribution is 9.12. The Morgan fingerprint density at radius 1 is 1.05 bits per heavy atom. The maximum atomic E-state index is 5.80. The molecular formula is C15H13BrCl2N2. The van der Waals surface area contributed by atoms with E-state index in [1.165, 1.54) is 0 Å². The molecule has 0 spiro atoms. The number of hydrazone groups is 1. The molecule has 0 saturated heterocycles. The minimum absolute atomic E-state index is 0. The molecule has 0 unspecified atom stereocenters. The number of rotatable bonds is 4. The highest BCUT2D eigenvalue weighted by Gasteiger charge is 1.91. The standard InChI is InChI=1S/C15H12BrClN2.ClH/c16-13(10-12-4-2-1-3-5-12)11-18-19-15-8-6-14(17)7-9-15;/h1-11,19H;1H. The molecule has 0 fully saturated rings. The molecule has 0 aliphatic carbocycles. The zero-order valence-electron chi connectivity index (χ0n) is 10.5. The maximum Gasteiger partial charge on any atom is 0.0614 e. The van der Waals surface area contributed by atoms with Gasteiger partial charge >= 0.3 is 0 Å². The molecule has 0 amide bonds. The summed E-state index contributed by atoms with van der Waals surface area (Å²) < 4.78 is 0.889. The van der Waals surface area contributed by atoms with Crippen molar-refractivity contribution in [3.8, 4) is 0 Å². The van der Waals surface area contributed by atoms with E-state index in [9.17, 15) is 0 Å². The highest BCUT2D eigenvalue weighted by atomic mass is 79.9. The maximum absolute atomic E-state index is 5.80. The van der Waals surface area contributed by atoms with Gasteiger partial charge in [-0.1, -0.05) is 41.9 Å². The summed E-state index contributed by atoms with van der Waals surface area (Å²) in [4.78, 5) is 0. The van der Waals surface area contributed by atoms with Crippen LogP contribution >= 0.6 is 39.9 Å². The Balaban J connectivity index is 0.00000200. The van der Waals surface area contributed by atoms with E-state index in [1.54, 1.807) is 6.21 Å². The van der Waals surface area contributed by atoms with Crippen LogP contribution in [0.25, 0.3) is 6.08 Å². The van der Waals surface area contributed by atoms with Crippen LogP contribution in [0.15, 0.2) is 64.2 Å². The second kappa shape index (κ2) is 8.80. The SMILES string of the molecule is Cl.Clc1ccc(NN=CC(Br)=Cc2ccccc2)cc1. The van der Waals surface area contributed by atoms with Crippen molar-refractivity contribution >= 4 is 57.9 Å². The summed E-state index contributed by atoms with van der Waals surface area (Å²) in [6, 6.07) is 17.4. The van der Waals surface area contributed by atoms with Gasteiger partial charge in [0.1, 0.15) is 0 Å². The Morgan fingerprint density at radius 3 is 2.35 bits per heavy atom. The topological polar surface area (TPSA) is 24.4 Å². The third kappa shape index (κ3) is 5.78. The Kier molecular flexibility index (Phi) is 7.37. The van der Waals surface area contributed by atoms with E-state index in [0.29, 0.717) is 5.02 Å². The summed E-state index contributed by atoms with van der Waals surface area (Å²) in [5, 5.41) is 4.84. The molecule has 0 radical (unpaired) electrons. The lowest BCUT2D eigenvalue weighted by atomic mass is 10.2. The van der Waals surface area contributed by atoms with Gasteiger partial charge in [-0.3, -0.25) is 5.43 Å². The Morgan fingerprint density at radius 2 is 1.70 bits per heavy atom. The van der Waals surface area contributed by atoms with Crippen LogP contribution in [0.3, 0.4) is 0 Å². The number of halogens is 3. The molecule has 0 aliphatic heterocycles. The lowest BCUT2D eigenvalue weighted by Gasteiger charge is -1.99. The first-order valence-corrected chi connectivity index (χ1v) is 6.88. The third-order valence-corrected chi connectivity index (χ3v) is 3.02. The molecule has 0 saturated carbocycles. The fraction of sp³-hybridized carbons (Fsp3) is 0. The van der Waals surface area contributed by atoms with Crippen LogP contribution in [0.5, 0.6) is 0 Å². The van der Waals surface area contributed by atoms with Gasteiger partial charge in [-0.15, -0.1) is 12.4 Å². The molecule has 0 aromatic heterocycles. The number of benzene rings is 2. The van der Waals surface area contributed by atoms with Gasteiger partial charge in [-0.2, -0.15) is 5.10 Å². The van der Waals surface area contributed by atoms with Crippen molar-refractivity contribution in [3.63, 3.8) is 0 Å². The summed E-state index contributed by atoms with van der Waals surface area (Å²) in [6.07, 6.45) is 3.70. The molecule has 20 heavy (non-hydrogen) atoms. The quantitative estimate of drug-likeness (QED) is 0.549. The highest BCUT2D eigenvalue weighted by Crippen LogP contribution is 2.14. The summed E-state index contributed by atoms with van der Waals surface area (Å²) in [7, 11) is 0. The smallest absolute Gasteiger partial charge is 0.0614 e. The second-order valence-corrected chi connectivity index (χ2v) is 5.17. The molecule has 5 heteroatoms. The summed E-state index contributed by atoms with van der Waals surface area (Å²) in [6.45, 7) is 0. The lowest BCUT2D eigenvalue weighted by molar-refractivity contribution is 1.35. The van der Waals surface area contributed by atoms with Crippen LogP contribution in [0.2, 0.25) is 5.02 Å². The predicted octanol–water partition coefficient (Wildman–Crippen LogP) is 5.60. The molecule has 2 nitrogen and oxygen atoms in total. The van der Waals surface area contributed by atoms with Crippen molar-refractivity contribution in [1.29, 1.82) is 0 Å². The van der Waals surface area contributed by atoms with Gasteiger partial charge in [0.15, 0.2) is 0 Å². The van der Waals surface area contributed by atoms with E-state index < -0.39 is 0 Å². The number of allylic oxidation sites excluding steroid dienone is 1.